The summed E-state index contributed by atoms with van der Waals surface area (Å²) >= 11 is 2.15. The number of hydrogen-bond donors (Lipinski definition) is 1. The molecule has 3 fully saturated rings. The first-order valence-corrected chi connectivity index (χ1v) is 8.38. The predicted octanol–water partition coefficient (Wildman–Crippen LogP) is 3.68. The van der Waals surface area contributed by atoms with E-state index in [1.54, 1.807) is 0 Å². The average Bonchev–Trinajstić information content (AvgIpc) is 2.81. The SMILES string of the molecule is CC1SCCC1NC1CC2CCC1(C)C2(C)C. The van der Waals surface area contributed by atoms with Crippen LogP contribution in [-0.4, -0.2) is 23.1 Å². The maximum absolute atomic E-state index is 4.03. The Kier molecular flexibility index (Phi) is 2.83. The van der Waals surface area contributed by atoms with Crippen molar-refractivity contribution in [1.29, 1.82) is 0 Å². The second kappa shape index (κ2) is 3.90. The number of nitrogens with one attached hydrogen (secondary N) is 1. The molecule has 0 aromatic carbocycles. The second-order valence-corrected chi connectivity index (χ2v) is 8.79. The van der Waals surface area contributed by atoms with Gasteiger partial charge in [0.1, 0.15) is 0 Å². The first kappa shape index (κ1) is 12.3. The molecular formula is C15H27NS. The zero-order valence-electron chi connectivity index (χ0n) is 11.8. The van der Waals surface area contributed by atoms with Gasteiger partial charge in [-0.05, 0) is 48.2 Å². The lowest BCUT2D eigenvalue weighted by molar-refractivity contribution is 0.115. The normalized spacial score (nSPS) is 52.2. The Balaban J connectivity index is 1.74. The molecule has 1 aliphatic heterocycles. The average molecular weight is 253 g/mol. The maximum Gasteiger partial charge on any atom is 0.0194 e. The molecule has 2 bridgehead atoms. The highest BCUT2D eigenvalue weighted by Gasteiger charge is 2.61. The minimum absolute atomic E-state index is 0.546. The molecule has 98 valence electrons. The maximum atomic E-state index is 4.03. The lowest BCUT2D eigenvalue weighted by Crippen LogP contribution is -2.50. The van der Waals surface area contributed by atoms with Gasteiger partial charge in [-0.1, -0.05) is 27.7 Å². The molecule has 2 saturated carbocycles. The van der Waals surface area contributed by atoms with E-state index in [9.17, 15) is 0 Å². The first-order valence-electron chi connectivity index (χ1n) is 7.33. The van der Waals surface area contributed by atoms with Gasteiger partial charge in [0.05, 0.1) is 0 Å². The van der Waals surface area contributed by atoms with E-state index in [0.717, 1.165) is 23.3 Å². The van der Waals surface area contributed by atoms with Gasteiger partial charge in [-0.2, -0.15) is 11.8 Å². The van der Waals surface area contributed by atoms with Crippen molar-refractivity contribution in [3.8, 4) is 0 Å². The third-order valence-corrected chi connectivity index (χ3v) is 7.91. The van der Waals surface area contributed by atoms with Crippen LogP contribution < -0.4 is 5.32 Å². The molecule has 0 aromatic heterocycles. The van der Waals surface area contributed by atoms with E-state index in [1.165, 1.54) is 31.4 Å². The van der Waals surface area contributed by atoms with Crippen molar-refractivity contribution < 1.29 is 0 Å². The molecule has 17 heavy (non-hydrogen) atoms. The lowest BCUT2D eigenvalue weighted by Gasteiger charge is -2.41. The van der Waals surface area contributed by atoms with Gasteiger partial charge in [-0.15, -0.1) is 0 Å². The van der Waals surface area contributed by atoms with Gasteiger partial charge in [-0.3, -0.25) is 0 Å². The van der Waals surface area contributed by atoms with Gasteiger partial charge in [-0.25, -0.2) is 0 Å². The van der Waals surface area contributed by atoms with Crippen LogP contribution in [0, 0.1) is 16.7 Å². The molecule has 5 atom stereocenters. The smallest absolute Gasteiger partial charge is 0.0194 e. The molecule has 0 aromatic rings. The molecule has 1 saturated heterocycles. The zero-order valence-corrected chi connectivity index (χ0v) is 12.6. The van der Waals surface area contributed by atoms with Crippen LogP contribution in [0.3, 0.4) is 0 Å². The second-order valence-electron chi connectivity index (χ2n) is 7.30. The molecule has 1 N–H and O–H groups in total. The molecule has 1 heterocycles. The summed E-state index contributed by atoms with van der Waals surface area (Å²) in [6, 6.07) is 1.55. The van der Waals surface area contributed by atoms with Gasteiger partial charge >= 0.3 is 0 Å². The van der Waals surface area contributed by atoms with E-state index in [-0.39, 0.29) is 0 Å². The van der Waals surface area contributed by atoms with E-state index in [4.69, 9.17) is 0 Å². The summed E-state index contributed by atoms with van der Waals surface area (Å²) in [4.78, 5) is 0. The lowest BCUT2D eigenvalue weighted by atomic mass is 9.69. The summed E-state index contributed by atoms with van der Waals surface area (Å²) in [5, 5.41) is 4.85. The van der Waals surface area contributed by atoms with Crippen LogP contribution in [0.1, 0.15) is 53.4 Å². The fraction of sp³-hybridized carbons (Fsp3) is 1.00. The van der Waals surface area contributed by atoms with Gasteiger partial charge in [0.15, 0.2) is 0 Å². The Labute approximate surface area is 111 Å². The zero-order chi connectivity index (χ0) is 12.3. The topological polar surface area (TPSA) is 12.0 Å². The van der Waals surface area contributed by atoms with Crippen molar-refractivity contribution in [3.05, 3.63) is 0 Å². The van der Waals surface area contributed by atoms with Crippen LogP contribution in [0.5, 0.6) is 0 Å². The van der Waals surface area contributed by atoms with E-state index in [2.05, 4.69) is 44.8 Å². The van der Waals surface area contributed by atoms with Crippen LogP contribution in [0.25, 0.3) is 0 Å². The van der Waals surface area contributed by atoms with Gasteiger partial charge < -0.3 is 5.32 Å². The van der Waals surface area contributed by atoms with Gasteiger partial charge in [0.25, 0.3) is 0 Å². The highest BCUT2D eigenvalue weighted by atomic mass is 32.2. The third-order valence-electron chi connectivity index (χ3n) is 6.59. The summed E-state index contributed by atoms with van der Waals surface area (Å²) < 4.78 is 0. The van der Waals surface area contributed by atoms with E-state index in [1.807, 2.05) is 0 Å². The summed E-state index contributed by atoms with van der Waals surface area (Å²) in [5.74, 6) is 2.32. The Hall–Kier alpha value is 0.310. The Bertz CT molecular complexity index is 314. The van der Waals surface area contributed by atoms with Crippen molar-refractivity contribution in [2.45, 2.75) is 70.7 Å². The molecule has 2 heteroatoms. The van der Waals surface area contributed by atoms with Crippen LogP contribution in [0.4, 0.5) is 0 Å². The quantitative estimate of drug-likeness (QED) is 0.805. The number of thioether (sulfide) groups is 1. The first-order chi connectivity index (χ1) is 7.95. The van der Waals surface area contributed by atoms with E-state index in [0.29, 0.717) is 10.8 Å². The van der Waals surface area contributed by atoms with E-state index < -0.39 is 0 Å². The molecule has 5 unspecified atom stereocenters. The largest absolute Gasteiger partial charge is 0.310 e. The highest BCUT2D eigenvalue weighted by molar-refractivity contribution is 8.00. The number of rotatable bonds is 2. The van der Waals surface area contributed by atoms with Gasteiger partial charge in [0.2, 0.25) is 0 Å². The molecule has 0 amide bonds. The van der Waals surface area contributed by atoms with Gasteiger partial charge in [0, 0.05) is 17.3 Å². The van der Waals surface area contributed by atoms with Crippen molar-refractivity contribution in [2.24, 2.45) is 16.7 Å². The molecule has 3 rings (SSSR count). The van der Waals surface area contributed by atoms with Crippen LogP contribution in [0.15, 0.2) is 0 Å². The Morgan fingerprint density at radius 1 is 1.18 bits per heavy atom. The highest BCUT2D eigenvalue weighted by Crippen LogP contribution is 2.65. The fourth-order valence-corrected chi connectivity index (χ4v) is 5.87. The molecule has 1 nitrogen and oxygen atoms in total. The summed E-state index contributed by atoms with van der Waals surface area (Å²) in [6.45, 7) is 9.97. The van der Waals surface area contributed by atoms with Crippen molar-refractivity contribution in [3.63, 3.8) is 0 Å². The van der Waals surface area contributed by atoms with Crippen LogP contribution in [0.2, 0.25) is 0 Å². The van der Waals surface area contributed by atoms with E-state index >= 15 is 0 Å². The number of hydrogen-bond acceptors (Lipinski definition) is 2. The molecular weight excluding hydrogens is 226 g/mol. The van der Waals surface area contributed by atoms with Crippen molar-refractivity contribution in [1.82, 2.24) is 5.32 Å². The summed E-state index contributed by atoms with van der Waals surface area (Å²) in [7, 11) is 0. The molecule has 2 aliphatic carbocycles. The van der Waals surface area contributed by atoms with Crippen molar-refractivity contribution >= 4 is 11.8 Å². The molecule has 0 radical (unpaired) electrons. The molecule has 0 spiro atoms. The third kappa shape index (κ3) is 1.63. The predicted molar refractivity (Wildman–Crippen MR) is 76.5 cm³/mol. The summed E-state index contributed by atoms with van der Waals surface area (Å²) in [6.07, 6.45) is 5.72. The number of fused-ring (bicyclic) bond motifs is 2. The standard InChI is InChI=1S/C15H27NS/c1-10-12(6-8-17-10)16-13-9-11-5-7-15(13,4)14(11,2)3/h10-13,16H,5-9H2,1-4H3. The van der Waals surface area contributed by atoms with Crippen LogP contribution >= 0.6 is 11.8 Å². The monoisotopic (exact) mass is 253 g/mol. The minimum atomic E-state index is 0.546. The minimum Gasteiger partial charge on any atom is -0.310 e. The van der Waals surface area contributed by atoms with Crippen LogP contribution in [-0.2, 0) is 0 Å². The van der Waals surface area contributed by atoms with Crippen molar-refractivity contribution in [2.75, 3.05) is 5.75 Å². The fourth-order valence-electron chi connectivity index (χ4n) is 4.66. The summed E-state index contributed by atoms with van der Waals surface area (Å²) in [5.41, 5.74) is 1.10. The Morgan fingerprint density at radius 2 is 1.94 bits per heavy atom. The Morgan fingerprint density at radius 3 is 2.41 bits per heavy atom. The molecule has 3 aliphatic rings.